The smallest absolute Gasteiger partial charge is 0.341 e. The fourth-order valence-corrected chi connectivity index (χ4v) is 8.91. The monoisotopic (exact) mass is 598 g/mol. The van der Waals surface area contributed by atoms with Gasteiger partial charge in [-0.1, -0.05) is 27.7 Å². The minimum Gasteiger partial charge on any atom is -0.515 e. The maximum Gasteiger partial charge on any atom is 0.341 e. The van der Waals surface area contributed by atoms with E-state index < -0.39 is 16.6 Å². The van der Waals surface area contributed by atoms with Crippen molar-refractivity contribution in [2.24, 2.45) is 11.8 Å². The van der Waals surface area contributed by atoms with Crippen molar-refractivity contribution in [2.45, 2.75) is 90.6 Å². The first kappa shape index (κ1) is 31.0. The van der Waals surface area contributed by atoms with Gasteiger partial charge < -0.3 is 8.85 Å². The van der Waals surface area contributed by atoms with Gasteiger partial charge in [0.05, 0.1) is 22.6 Å². The highest BCUT2D eigenvalue weighted by molar-refractivity contribution is 8.00. The van der Waals surface area contributed by atoms with Crippen LogP contribution >= 0.6 is 23.5 Å². The van der Waals surface area contributed by atoms with E-state index in [4.69, 9.17) is 8.85 Å². The number of rotatable bonds is 6. The molecule has 0 N–H and O–H groups in total. The van der Waals surface area contributed by atoms with E-state index in [1.165, 1.54) is 0 Å². The molecule has 12 heteroatoms. The average molecular weight is 599 g/mol. The molecule has 0 aromatic rings. The standard InChI is InChI=1S/2C13H21NO3SSi/c2*1-6-9-7-18-12-8(2)11(15)14(12)10(9)13(16)17-19(3,4)5/h2*8,12H,6-7H2,1-5H3. The fourth-order valence-electron chi connectivity index (χ4n) is 4.66. The molecule has 4 rings (SSSR count). The van der Waals surface area contributed by atoms with E-state index in [2.05, 4.69) is 0 Å². The molecule has 0 bridgehead atoms. The molecule has 2 fully saturated rings. The minimum atomic E-state index is -1.94. The molecule has 2 amide bonds. The van der Waals surface area contributed by atoms with Gasteiger partial charge in [-0.2, -0.15) is 0 Å². The predicted molar refractivity (Wildman–Crippen MR) is 158 cm³/mol. The molecule has 4 unspecified atom stereocenters. The van der Waals surface area contributed by atoms with Crippen LogP contribution < -0.4 is 0 Å². The Morgan fingerprint density at radius 2 is 1.05 bits per heavy atom. The third-order valence-electron chi connectivity index (χ3n) is 6.66. The molecular formula is C26H42N2O6S2Si2. The summed E-state index contributed by atoms with van der Waals surface area (Å²) in [6.45, 7) is 19.8. The lowest BCUT2D eigenvalue weighted by Crippen LogP contribution is -2.60. The fraction of sp³-hybridized carbons (Fsp3) is 0.692. The lowest BCUT2D eigenvalue weighted by molar-refractivity contribution is -0.151. The molecule has 212 valence electrons. The Kier molecular flexibility index (Phi) is 9.42. The number of amides is 2. The van der Waals surface area contributed by atoms with Crippen LogP contribution in [0.4, 0.5) is 0 Å². The van der Waals surface area contributed by atoms with Crippen molar-refractivity contribution < 1.29 is 28.0 Å². The summed E-state index contributed by atoms with van der Waals surface area (Å²) in [4.78, 5) is 52.1. The summed E-state index contributed by atoms with van der Waals surface area (Å²) in [6.07, 6.45) is 1.57. The number of β-lactam (4-membered cyclic amide) rings is 2. The van der Waals surface area contributed by atoms with Gasteiger partial charge in [-0.05, 0) is 63.3 Å². The molecule has 0 spiro atoms. The first-order valence-corrected chi connectivity index (χ1v) is 22.2. The van der Waals surface area contributed by atoms with Crippen molar-refractivity contribution in [3.63, 3.8) is 0 Å². The van der Waals surface area contributed by atoms with Crippen molar-refractivity contribution in [1.29, 1.82) is 0 Å². The molecule has 38 heavy (non-hydrogen) atoms. The Morgan fingerprint density at radius 1 is 0.737 bits per heavy atom. The molecule has 4 heterocycles. The zero-order valence-electron chi connectivity index (χ0n) is 24.3. The number of fused-ring (bicyclic) bond motifs is 2. The minimum absolute atomic E-state index is 0.0121. The molecule has 2 saturated heterocycles. The zero-order chi connectivity index (χ0) is 28.7. The largest absolute Gasteiger partial charge is 0.515 e. The van der Waals surface area contributed by atoms with E-state index in [0.717, 1.165) is 35.5 Å². The second kappa shape index (κ2) is 11.5. The van der Waals surface area contributed by atoms with E-state index in [1.54, 1.807) is 33.3 Å². The SMILES string of the molecule is CCC1=C(C(=O)O[Si](C)(C)C)N2C(=O)C(C)C2SC1.CCC1=C(C(=O)O[Si](C)(C)C)N2C(=O)C(C)C2SC1. The van der Waals surface area contributed by atoms with Crippen molar-refractivity contribution in [3.05, 3.63) is 22.5 Å². The normalized spacial score (nSPS) is 27.0. The Hall–Kier alpha value is -1.51. The lowest BCUT2D eigenvalue weighted by Gasteiger charge is -2.49. The van der Waals surface area contributed by atoms with Crippen LogP contribution in [0.3, 0.4) is 0 Å². The van der Waals surface area contributed by atoms with Gasteiger partial charge >= 0.3 is 11.9 Å². The van der Waals surface area contributed by atoms with E-state index in [-0.39, 0.29) is 46.3 Å². The quantitative estimate of drug-likeness (QED) is 0.306. The number of nitrogens with zero attached hydrogens (tertiary/aromatic N) is 2. The van der Waals surface area contributed by atoms with Crippen LogP contribution in [0.15, 0.2) is 22.5 Å². The third-order valence-corrected chi connectivity index (χ3v) is 11.2. The molecule has 4 atom stereocenters. The second-order valence-corrected chi connectivity index (χ2v) is 23.1. The van der Waals surface area contributed by atoms with Gasteiger partial charge in [-0.25, -0.2) is 9.59 Å². The van der Waals surface area contributed by atoms with E-state index in [0.29, 0.717) is 11.4 Å². The molecule has 0 aromatic heterocycles. The van der Waals surface area contributed by atoms with E-state index in [1.807, 2.05) is 67.0 Å². The van der Waals surface area contributed by atoms with Crippen LogP contribution in [0.25, 0.3) is 0 Å². The molecule has 0 aliphatic carbocycles. The Bertz CT molecular complexity index is 995. The van der Waals surface area contributed by atoms with Crippen molar-refractivity contribution >= 4 is 63.9 Å². The number of thioether (sulfide) groups is 2. The maximum atomic E-state index is 12.4. The van der Waals surface area contributed by atoms with Crippen molar-refractivity contribution in [1.82, 2.24) is 9.80 Å². The van der Waals surface area contributed by atoms with Gasteiger partial charge in [-0.3, -0.25) is 19.4 Å². The van der Waals surface area contributed by atoms with Gasteiger partial charge in [0, 0.05) is 11.5 Å². The first-order chi connectivity index (χ1) is 17.5. The molecule has 0 radical (unpaired) electrons. The molecule has 4 aliphatic heterocycles. The summed E-state index contributed by atoms with van der Waals surface area (Å²) >= 11 is 3.49. The zero-order valence-corrected chi connectivity index (χ0v) is 27.9. The number of carbonyl (C=O) groups is 4. The van der Waals surface area contributed by atoms with Gasteiger partial charge in [-0.15, -0.1) is 23.5 Å². The second-order valence-electron chi connectivity index (χ2n) is 12.0. The molecule has 4 aliphatic rings. The van der Waals surface area contributed by atoms with Gasteiger partial charge in [0.25, 0.3) is 0 Å². The number of hydrogen-bond donors (Lipinski definition) is 0. The Labute approximate surface area is 237 Å². The van der Waals surface area contributed by atoms with Crippen LogP contribution in [0.5, 0.6) is 0 Å². The first-order valence-electron chi connectivity index (χ1n) is 13.3. The van der Waals surface area contributed by atoms with Crippen molar-refractivity contribution in [2.75, 3.05) is 11.5 Å². The number of hydrogen-bond acceptors (Lipinski definition) is 8. The van der Waals surface area contributed by atoms with Crippen LogP contribution in [0.1, 0.15) is 40.5 Å². The Morgan fingerprint density at radius 3 is 1.32 bits per heavy atom. The summed E-state index contributed by atoms with van der Waals surface area (Å²) in [7, 11) is -3.88. The van der Waals surface area contributed by atoms with Gasteiger partial charge in [0.2, 0.25) is 28.4 Å². The van der Waals surface area contributed by atoms with Gasteiger partial charge in [0.15, 0.2) is 0 Å². The molecule has 0 saturated carbocycles. The highest BCUT2D eigenvalue weighted by atomic mass is 32.2. The summed E-state index contributed by atoms with van der Waals surface area (Å²) in [6, 6.07) is 0. The predicted octanol–water partition coefficient (Wildman–Crippen LogP) is 5.16. The highest BCUT2D eigenvalue weighted by Crippen LogP contribution is 2.45. The summed E-state index contributed by atoms with van der Waals surface area (Å²) in [5.41, 5.74) is 3.11. The third kappa shape index (κ3) is 6.28. The average Bonchev–Trinajstić information content (AvgIpc) is 2.83. The summed E-state index contributed by atoms with van der Waals surface area (Å²) < 4.78 is 11.2. The van der Waals surface area contributed by atoms with E-state index >= 15 is 0 Å². The Balaban J connectivity index is 0.000000211. The van der Waals surface area contributed by atoms with Crippen LogP contribution in [0, 0.1) is 11.8 Å². The van der Waals surface area contributed by atoms with Crippen molar-refractivity contribution in [3.8, 4) is 0 Å². The maximum absolute atomic E-state index is 12.4. The lowest BCUT2D eigenvalue weighted by atomic mass is 9.97. The topological polar surface area (TPSA) is 93.2 Å². The van der Waals surface area contributed by atoms with Crippen LogP contribution in [-0.2, 0) is 28.0 Å². The van der Waals surface area contributed by atoms with Crippen LogP contribution in [-0.4, -0.2) is 72.4 Å². The van der Waals surface area contributed by atoms with Crippen LogP contribution in [0.2, 0.25) is 39.3 Å². The molecular weight excluding hydrogens is 557 g/mol. The van der Waals surface area contributed by atoms with Gasteiger partial charge in [0.1, 0.15) is 11.4 Å². The number of carbonyl (C=O) groups excluding carboxylic acids is 4. The molecule has 0 aromatic carbocycles. The summed E-state index contributed by atoms with van der Waals surface area (Å²) in [5, 5.41) is 0.235. The summed E-state index contributed by atoms with van der Waals surface area (Å²) in [5.74, 6) is 1.16. The van der Waals surface area contributed by atoms with E-state index in [9.17, 15) is 19.2 Å². The molecule has 8 nitrogen and oxygen atoms in total. The highest BCUT2D eigenvalue weighted by Gasteiger charge is 2.52.